The fourth-order valence-electron chi connectivity index (χ4n) is 3.38. The Morgan fingerprint density at radius 2 is 1.69 bits per heavy atom. The largest absolute Gasteiger partial charge is 0.465 e. The van der Waals surface area contributed by atoms with Crippen molar-refractivity contribution in [2.75, 3.05) is 10.6 Å². The van der Waals surface area contributed by atoms with E-state index in [0.717, 1.165) is 4.90 Å². The van der Waals surface area contributed by atoms with E-state index >= 15 is 0 Å². The second kappa shape index (κ2) is 12.9. The Hall–Kier alpha value is -4.34. The fraction of sp³-hybridized carbons (Fsp3) is 0.0690. The summed E-state index contributed by atoms with van der Waals surface area (Å²) in [4.78, 5) is 39.2. The van der Waals surface area contributed by atoms with Crippen molar-refractivity contribution in [2.45, 2.75) is 17.1 Å². The number of carbonyl (C=O) groups excluding carboxylic acids is 3. The van der Waals surface area contributed by atoms with Gasteiger partial charge in [0.15, 0.2) is 0 Å². The van der Waals surface area contributed by atoms with Crippen LogP contribution in [0.1, 0.15) is 23.0 Å². The Balaban J connectivity index is 1.44. The molecule has 1 heterocycles. The summed E-state index contributed by atoms with van der Waals surface area (Å²) in [6.45, 7) is 1.72. The van der Waals surface area contributed by atoms with Gasteiger partial charge in [-0.25, -0.2) is 4.39 Å². The molecule has 7 nitrogen and oxygen atoms in total. The Morgan fingerprint density at radius 1 is 0.923 bits per heavy atom. The number of carbonyl (C=O) groups is 3. The number of furan rings is 1. The number of thioether (sulfide) groups is 1. The van der Waals surface area contributed by atoms with E-state index in [9.17, 15) is 18.8 Å². The highest BCUT2D eigenvalue weighted by Crippen LogP contribution is 2.27. The van der Waals surface area contributed by atoms with Gasteiger partial charge in [0.2, 0.25) is 5.91 Å². The van der Waals surface area contributed by atoms with Gasteiger partial charge in [0.05, 0.1) is 16.5 Å². The quantitative estimate of drug-likeness (QED) is 0.157. The maximum absolute atomic E-state index is 13.4. The predicted octanol–water partition coefficient (Wildman–Crippen LogP) is 6.60. The van der Waals surface area contributed by atoms with Crippen molar-refractivity contribution < 1.29 is 23.2 Å². The monoisotopic (exact) mass is 563 g/mol. The van der Waals surface area contributed by atoms with E-state index in [2.05, 4.69) is 16.0 Å². The molecule has 4 rings (SSSR count). The smallest absolute Gasteiger partial charge is 0.272 e. The highest BCUT2D eigenvalue weighted by atomic mass is 35.5. The van der Waals surface area contributed by atoms with E-state index in [1.807, 2.05) is 0 Å². The van der Waals surface area contributed by atoms with E-state index in [-0.39, 0.29) is 16.6 Å². The molecule has 0 aliphatic rings. The van der Waals surface area contributed by atoms with Gasteiger partial charge in [-0.1, -0.05) is 35.9 Å². The molecule has 198 valence electrons. The molecule has 0 radical (unpaired) electrons. The van der Waals surface area contributed by atoms with E-state index in [1.54, 1.807) is 73.7 Å². The van der Waals surface area contributed by atoms with Crippen LogP contribution in [0, 0.1) is 5.82 Å². The highest BCUT2D eigenvalue weighted by Gasteiger charge is 2.18. The molecular formula is C29H23ClFN3O4S. The highest BCUT2D eigenvalue weighted by molar-refractivity contribution is 8.00. The molecule has 0 aliphatic carbocycles. The molecule has 0 spiro atoms. The number of hydrogen-bond acceptors (Lipinski definition) is 5. The Morgan fingerprint density at radius 3 is 2.41 bits per heavy atom. The first-order valence-corrected chi connectivity index (χ1v) is 13.0. The minimum absolute atomic E-state index is 0.0115. The molecule has 1 atom stereocenters. The van der Waals surface area contributed by atoms with Crippen molar-refractivity contribution in [2.24, 2.45) is 0 Å². The van der Waals surface area contributed by atoms with Crippen LogP contribution in [0.3, 0.4) is 0 Å². The van der Waals surface area contributed by atoms with Crippen molar-refractivity contribution in [3.63, 3.8) is 0 Å². The molecular weight excluding hydrogens is 541 g/mol. The van der Waals surface area contributed by atoms with Gasteiger partial charge in [-0.2, -0.15) is 0 Å². The molecule has 0 bridgehead atoms. The summed E-state index contributed by atoms with van der Waals surface area (Å²) in [6, 6.07) is 22.7. The predicted molar refractivity (Wildman–Crippen MR) is 151 cm³/mol. The van der Waals surface area contributed by atoms with Crippen molar-refractivity contribution in [3.05, 3.63) is 119 Å². The minimum atomic E-state index is -0.572. The van der Waals surface area contributed by atoms with Gasteiger partial charge >= 0.3 is 0 Å². The standard InChI is InChI=1S/C29H23ClFN3O4S/c1-18(27(35)32-21-12-13-25(31)24(30)16-21)39-23-11-5-9-20(15-23)33-29(37)26(17-22-10-6-14-38-22)34-28(36)19-7-3-2-4-8-19/h2-18H,1H3,(H,32,35)(H,33,37)(H,34,36)/b26-17-. The number of halogens is 2. The SMILES string of the molecule is CC(Sc1cccc(NC(=O)/C(=C/c2ccco2)NC(=O)c2ccccc2)c1)C(=O)Nc1ccc(F)c(Cl)c1. The molecule has 3 aromatic carbocycles. The summed E-state index contributed by atoms with van der Waals surface area (Å²) < 4.78 is 18.7. The van der Waals surface area contributed by atoms with Crippen LogP contribution in [0.4, 0.5) is 15.8 Å². The van der Waals surface area contributed by atoms with Crippen LogP contribution in [0.5, 0.6) is 0 Å². The van der Waals surface area contributed by atoms with Crippen LogP contribution >= 0.6 is 23.4 Å². The third kappa shape index (κ3) is 7.83. The lowest BCUT2D eigenvalue weighted by atomic mass is 10.2. The average Bonchev–Trinajstić information content (AvgIpc) is 3.44. The Kier molecular flexibility index (Phi) is 9.19. The first-order valence-electron chi connectivity index (χ1n) is 11.7. The number of anilines is 2. The lowest BCUT2D eigenvalue weighted by Crippen LogP contribution is -2.30. The molecule has 0 aliphatic heterocycles. The zero-order chi connectivity index (χ0) is 27.8. The minimum Gasteiger partial charge on any atom is -0.465 e. The summed E-state index contributed by atoms with van der Waals surface area (Å²) in [5.74, 6) is -1.49. The van der Waals surface area contributed by atoms with E-state index in [1.165, 1.54) is 42.3 Å². The van der Waals surface area contributed by atoms with Crippen molar-refractivity contribution >= 4 is 58.5 Å². The van der Waals surface area contributed by atoms with E-state index < -0.39 is 22.9 Å². The van der Waals surface area contributed by atoms with Gasteiger partial charge in [0.25, 0.3) is 11.8 Å². The van der Waals surface area contributed by atoms with Gasteiger partial charge in [0.1, 0.15) is 17.3 Å². The molecule has 39 heavy (non-hydrogen) atoms. The lowest BCUT2D eigenvalue weighted by molar-refractivity contribution is -0.115. The van der Waals surface area contributed by atoms with Crippen LogP contribution in [0.2, 0.25) is 5.02 Å². The Labute approximate surface area is 233 Å². The van der Waals surface area contributed by atoms with Crippen molar-refractivity contribution in [1.82, 2.24) is 5.32 Å². The number of amides is 3. The first-order chi connectivity index (χ1) is 18.8. The van der Waals surface area contributed by atoms with Crippen LogP contribution < -0.4 is 16.0 Å². The molecule has 0 fully saturated rings. The molecule has 0 saturated carbocycles. The molecule has 1 unspecified atom stereocenters. The summed E-state index contributed by atoms with van der Waals surface area (Å²) >= 11 is 7.06. The molecule has 4 aromatic rings. The van der Waals surface area contributed by atoms with Crippen molar-refractivity contribution in [3.8, 4) is 0 Å². The van der Waals surface area contributed by atoms with Gasteiger partial charge in [-0.15, -0.1) is 11.8 Å². The summed E-state index contributed by atoms with van der Waals surface area (Å²) in [5, 5.41) is 7.53. The van der Waals surface area contributed by atoms with E-state index in [0.29, 0.717) is 22.7 Å². The zero-order valence-corrected chi connectivity index (χ0v) is 22.2. The maximum Gasteiger partial charge on any atom is 0.272 e. The van der Waals surface area contributed by atoms with Crippen LogP contribution in [0.25, 0.3) is 6.08 Å². The normalized spacial score (nSPS) is 11.9. The molecule has 3 N–H and O–H groups in total. The number of benzene rings is 3. The van der Waals surface area contributed by atoms with Gasteiger partial charge in [-0.05, 0) is 67.6 Å². The third-order valence-electron chi connectivity index (χ3n) is 5.32. The van der Waals surface area contributed by atoms with Gasteiger partial charge in [-0.3, -0.25) is 14.4 Å². The lowest BCUT2D eigenvalue weighted by Gasteiger charge is -2.14. The van der Waals surface area contributed by atoms with Gasteiger partial charge < -0.3 is 20.4 Å². The molecule has 0 saturated heterocycles. The summed E-state index contributed by atoms with van der Waals surface area (Å²) in [6.07, 6.45) is 2.89. The maximum atomic E-state index is 13.4. The fourth-order valence-corrected chi connectivity index (χ4v) is 4.49. The van der Waals surface area contributed by atoms with E-state index in [4.69, 9.17) is 16.0 Å². The number of rotatable bonds is 9. The number of nitrogens with one attached hydrogen (secondary N) is 3. The van der Waals surface area contributed by atoms with Crippen LogP contribution in [0.15, 0.2) is 106 Å². The Bertz CT molecular complexity index is 1510. The zero-order valence-electron chi connectivity index (χ0n) is 20.6. The summed E-state index contributed by atoms with van der Waals surface area (Å²) in [5.41, 5.74) is 1.22. The van der Waals surface area contributed by atoms with Gasteiger partial charge in [0, 0.05) is 27.9 Å². The van der Waals surface area contributed by atoms with Crippen LogP contribution in [-0.4, -0.2) is 23.0 Å². The van der Waals surface area contributed by atoms with Crippen LogP contribution in [-0.2, 0) is 9.59 Å². The summed E-state index contributed by atoms with van der Waals surface area (Å²) in [7, 11) is 0. The third-order valence-corrected chi connectivity index (χ3v) is 6.70. The molecule has 1 aromatic heterocycles. The topological polar surface area (TPSA) is 100 Å². The first kappa shape index (κ1) is 27.7. The molecule has 10 heteroatoms. The molecule has 3 amide bonds. The second-order valence-electron chi connectivity index (χ2n) is 8.25. The average molecular weight is 564 g/mol. The number of hydrogen-bond donors (Lipinski definition) is 3. The second-order valence-corrected chi connectivity index (χ2v) is 10.1. The van der Waals surface area contributed by atoms with Crippen molar-refractivity contribution in [1.29, 1.82) is 0 Å².